The van der Waals surface area contributed by atoms with Crippen LogP contribution in [0.25, 0.3) is 0 Å². The molecule has 0 aliphatic carbocycles. The van der Waals surface area contributed by atoms with Crippen LogP contribution in [0.15, 0.2) is 0 Å². The molecular formula is C16H31NO. The Morgan fingerprint density at radius 2 is 1.67 bits per heavy atom. The Morgan fingerprint density at radius 3 is 2.17 bits per heavy atom. The third-order valence-corrected chi connectivity index (χ3v) is 5.63. The van der Waals surface area contributed by atoms with Crippen LogP contribution >= 0.6 is 0 Å². The van der Waals surface area contributed by atoms with Crippen LogP contribution in [0.4, 0.5) is 0 Å². The lowest BCUT2D eigenvalue weighted by Crippen LogP contribution is -2.46. The van der Waals surface area contributed by atoms with Crippen molar-refractivity contribution in [1.82, 2.24) is 4.90 Å². The fraction of sp³-hybridized carbons (Fsp3) is 1.00. The molecular weight excluding hydrogens is 222 g/mol. The first-order chi connectivity index (χ1) is 8.41. The molecule has 2 nitrogen and oxygen atoms in total. The van der Waals surface area contributed by atoms with Crippen LogP contribution in [0, 0.1) is 16.7 Å². The van der Waals surface area contributed by atoms with Crippen molar-refractivity contribution in [2.45, 2.75) is 53.4 Å². The molecule has 0 saturated carbocycles. The Balaban J connectivity index is 1.79. The minimum Gasteiger partial charge on any atom is -0.381 e. The van der Waals surface area contributed by atoms with Crippen LogP contribution in [-0.4, -0.2) is 37.7 Å². The molecule has 2 aliphatic heterocycles. The molecule has 106 valence electrons. The van der Waals surface area contributed by atoms with Gasteiger partial charge in [-0.1, -0.05) is 27.7 Å². The SMILES string of the molecule is CC(C)(C)C1(C)CCN(CC2CCOCC2)CC1. The Morgan fingerprint density at radius 1 is 1.11 bits per heavy atom. The Kier molecular flexibility index (Phi) is 4.38. The molecule has 2 rings (SSSR count). The van der Waals surface area contributed by atoms with Crippen molar-refractivity contribution in [2.75, 3.05) is 32.8 Å². The van der Waals surface area contributed by atoms with E-state index < -0.39 is 0 Å². The molecule has 0 aromatic carbocycles. The Bertz CT molecular complexity index is 255. The number of hydrogen-bond acceptors (Lipinski definition) is 2. The summed E-state index contributed by atoms with van der Waals surface area (Å²) < 4.78 is 5.45. The summed E-state index contributed by atoms with van der Waals surface area (Å²) in [4.78, 5) is 2.70. The number of likely N-dealkylation sites (tertiary alicyclic amines) is 1. The highest BCUT2D eigenvalue weighted by molar-refractivity contribution is 4.91. The molecule has 0 unspecified atom stereocenters. The monoisotopic (exact) mass is 253 g/mol. The summed E-state index contributed by atoms with van der Waals surface area (Å²) in [6.07, 6.45) is 5.26. The highest BCUT2D eigenvalue weighted by Crippen LogP contribution is 2.46. The van der Waals surface area contributed by atoms with Crippen LogP contribution < -0.4 is 0 Å². The zero-order valence-corrected chi connectivity index (χ0v) is 12.8. The van der Waals surface area contributed by atoms with Gasteiger partial charge in [0.05, 0.1) is 0 Å². The summed E-state index contributed by atoms with van der Waals surface area (Å²) in [5.41, 5.74) is 0.969. The quantitative estimate of drug-likeness (QED) is 0.746. The molecule has 18 heavy (non-hydrogen) atoms. The summed E-state index contributed by atoms with van der Waals surface area (Å²) >= 11 is 0. The average Bonchev–Trinajstić information content (AvgIpc) is 2.32. The average molecular weight is 253 g/mol. The normalized spacial score (nSPS) is 27.3. The zero-order chi connectivity index (χ0) is 13.2. The first-order valence-corrected chi connectivity index (χ1v) is 7.71. The smallest absolute Gasteiger partial charge is 0.0469 e. The van der Waals surface area contributed by atoms with Gasteiger partial charge in [0.25, 0.3) is 0 Å². The van der Waals surface area contributed by atoms with Gasteiger partial charge in [-0.3, -0.25) is 0 Å². The predicted molar refractivity (Wildman–Crippen MR) is 76.8 cm³/mol. The molecule has 0 aromatic heterocycles. The van der Waals surface area contributed by atoms with E-state index in [0.717, 1.165) is 19.1 Å². The summed E-state index contributed by atoms with van der Waals surface area (Å²) in [7, 11) is 0. The molecule has 2 saturated heterocycles. The van der Waals surface area contributed by atoms with Gasteiger partial charge < -0.3 is 9.64 Å². The molecule has 2 heteroatoms. The van der Waals surface area contributed by atoms with Crippen molar-refractivity contribution in [1.29, 1.82) is 0 Å². The minimum atomic E-state index is 0.442. The lowest BCUT2D eigenvalue weighted by atomic mass is 9.63. The van der Waals surface area contributed by atoms with E-state index in [1.807, 2.05) is 0 Å². The molecule has 2 heterocycles. The van der Waals surface area contributed by atoms with Gasteiger partial charge in [0.1, 0.15) is 0 Å². The minimum absolute atomic E-state index is 0.442. The van der Waals surface area contributed by atoms with Gasteiger partial charge in [0.15, 0.2) is 0 Å². The maximum Gasteiger partial charge on any atom is 0.0469 e. The highest BCUT2D eigenvalue weighted by Gasteiger charge is 2.40. The number of nitrogens with zero attached hydrogens (tertiary/aromatic N) is 1. The van der Waals surface area contributed by atoms with E-state index in [9.17, 15) is 0 Å². The molecule has 0 atom stereocenters. The molecule has 0 amide bonds. The first-order valence-electron chi connectivity index (χ1n) is 7.71. The maximum atomic E-state index is 5.45. The molecule has 2 aliphatic rings. The van der Waals surface area contributed by atoms with Crippen LogP contribution in [0.2, 0.25) is 0 Å². The van der Waals surface area contributed by atoms with Crippen LogP contribution in [-0.2, 0) is 4.74 Å². The van der Waals surface area contributed by atoms with Crippen molar-refractivity contribution >= 4 is 0 Å². The number of rotatable bonds is 2. The third-order valence-electron chi connectivity index (χ3n) is 5.63. The highest BCUT2D eigenvalue weighted by atomic mass is 16.5. The standard InChI is InChI=1S/C16H31NO/c1-15(2,3)16(4)7-9-17(10-8-16)13-14-5-11-18-12-6-14/h14H,5-13H2,1-4H3. The maximum absolute atomic E-state index is 5.45. The van der Waals surface area contributed by atoms with E-state index >= 15 is 0 Å². The topological polar surface area (TPSA) is 12.5 Å². The lowest BCUT2D eigenvalue weighted by Gasteiger charge is -2.48. The van der Waals surface area contributed by atoms with Crippen molar-refractivity contribution in [2.24, 2.45) is 16.7 Å². The van der Waals surface area contributed by atoms with Gasteiger partial charge in [0, 0.05) is 19.8 Å². The van der Waals surface area contributed by atoms with Crippen molar-refractivity contribution in [3.63, 3.8) is 0 Å². The van der Waals surface area contributed by atoms with Crippen molar-refractivity contribution in [3.8, 4) is 0 Å². The van der Waals surface area contributed by atoms with E-state index in [1.165, 1.54) is 45.3 Å². The van der Waals surface area contributed by atoms with Gasteiger partial charge in [-0.2, -0.15) is 0 Å². The largest absolute Gasteiger partial charge is 0.381 e. The summed E-state index contributed by atoms with van der Waals surface area (Å²) in [6, 6.07) is 0. The Hall–Kier alpha value is -0.0800. The first kappa shape index (κ1) is 14.3. The van der Waals surface area contributed by atoms with Crippen molar-refractivity contribution < 1.29 is 4.74 Å². The van der Waals surface area contributed by atoms with Crippen LogP contribution in [0.5, 0.6) is 0 Å². The molecule has 0 aromatic rings. The summed E-state index contributed by atoms with van der Waals surface area (Å²) in [5, 5.41) is 0. The van der Waals surface area contributed by atoms with Crippen molar-refractivity contribution in [3.05, 3.63) is 0 Å². The summed E-state index contributed by atoms with van der Waals surface area (Å²) in [5.74, 6) is 0.887. The number of hydrogen-bond donors (Lipinski definition) is 0. The predicted octanol–water partition coefficient (Wildman–Crippen LogP) is 3.56. The van der Waals surface area contributed by atoms with E-state index in [0.29, 0.717) is 10.8 Å². The van der Waals surface area contributed by atoms with Gasteiger partial charge in [-0.15, -0.1) is 0 Å². The number of piperidine rings is 1. The fourth-order valence-electron chi connectivity index (χ4n) is 3.27. The number of ether oxygens (including phenoxy) is 1. The third kappa shape index (κ3) is 3.27. The van der Waals surface area contributed by atoms with Gasteiger partial charge in [-0.05, 0) is 55.5 Å². The molecule has 0 radical (unpaired) electrons. The van der Waals surface area contributed by atoms with Gasteiger partial charge in [-0.25, -0.2) is 0 Å². The van der Waals surface area contributed by atoms with Gasteiger partial charge in [0.2, 0.25) is 0 Å². The van der Waals surface area contributed by atoms with E-state index in [2.05, 4.69) is 32.6 Å². The molecule has 2 fully saturated rings. The second-order valence-corrected chi connectivity index (χ2v) is 7.67. The Labute approximate surface area is 113 Å². The van der Waals surface area contributed by atoms with Crippen LogP contribution in [0.3, 0.4) is 0 Å². The fourth-order valence-corrected chi connectivity index (χ4v) is 3.27. The van der Waals surface area contributed by atoms with E-state index in [1.54, 1.807) is 0 Å². The van der Waals surface area contributed by atoms with E-state index in [-0.39, 0.29) is 0 Å². The molecule has 0 N–H and O–H groups in total. The molecule has 0 bridgehead atoms. The second kappa shape index (κ2) is 5.50. The summed E-state index contributed by atoms with van der Waals surface area (Å²) in [6.45, 7) is 15.6. The van der Waals surface area contributed by atoms with Crippen LogP contribution in [0.1, 0.15) is 53.4 Å². The van der Waals surface area contributed by atoms with E-state index in [4.69, 9.17) is 4.74 Å². The zero-order valence-electron chi connectivity index (χ0n) is 12.8. The molecule has 0 spiro atoms. The second-order valence-electron chi connectivity index (χ2n) is 7.67. The van der Waals surface area contributed by atoms with Gasteiger partial charge >= 0.3 is 0 Å². The lowest BCUT2D eigenvalue weighted by molar-refractivity contribution is 0.00412.